The average molecular weight is 656 g/mol. The fourth-order valence-corrected chi connectivity index (χ4v) is 3.70. The summed E-state index contributed by atoms with van der Waals surface area (Å²) in [5.41, 5.74) is -2.95. The number of halogens is 9. The van der Waals surface area contributed by atoms with Crippen LogP contribution >= 0.6 is 0 Å². The van der Waals surface area contributed by atoms with Crippen molar-refractivity contribution in [3.8, 4) is 5.75 Å². The van der Waals surface area contributed by atoms with Gasteiger partial charge in [-0.15, -0.1) is 0 Å². The quantitative estimate of drug-likeness (QED) is 0.144. The van der Waals surface area contributed by atoms with Gasteiger partial charge in [0.15, 0.2) is 5.60 Å². The van der Waals surface area contributed by atoms with Crippen LogP contribution < -0.4 is 4.74 Å². The first-order valence-electron chi connectivity index (χ1n) is 12.8. The fourth-order valence-electron chi connectivity index (χ4n) is 3.70. The van der Waals surface area contributed by atoms with Gasteiger partial charge in [-0.25, -0.2) is 14.4 Å². The lowest BCUT2D eigenvalue weighted by molar-refractivity contribution is -0.308. The number of ether oxygens (including phenoxy) is 5. The van der Waals surface area contributed by atoms with Crippen molar-refractivity contribution in [1.29, 1.82) is 0 Å². The van der Waals surface area contributed by atoms with Crippen molar-refractivity contribution in [3.63, 3.8) is 0 Å². The molecule has 19 heteroatoms. The SMILES string of the molecule is CCOC(=O)OC(C)OC(=O)C(C)(C)Oc1cc(C(F)(F)F)ccc1CN1CCN(C(=O)OC(C(F)(F)F)C(F)(F)F)CC1. The van der Waals surface area contributed by atoms with Gasteiger partial charge in [0.2, 0.25) is 6.29 Å². The number of esters is 1. The number of piperazine rings is 1. The van der Waals surface area contributed by atoms with Gasteiger partial charge < -0.3 is 28.6 Å². The molecule has 10 nitrogen and oxygen atoms in total. The number of carbonyl (C=O) groups is 3. The van der Waals surface area contributed by atoms with Crippen molar-refractivity contribution in [2.24, 2.45) is 0 Å². The Balaban J connectivity index is 2.15. The standard InChI is InChI=1S/C25H29F9N2O8/c1-5-40-21(39)42-14(2)41-19(37)22(3,4)44-17-12-16(23(26,27)28)7-6-15(17)13-35-8-10-36(11-9-35)20(38)43-18(24(29,30)31)25(32,33)34/h6-7,12,14,18H,5,8-11,13H2,1-4H3. The van der Waals surface area contributed by atoms with E-state index in [1.165, 1.54) is 32.6 Å². The topological polar surface area (TPSA) is 104 Å². The number of hydrogen-bond donors (Lipinski definition) is 0. The third kappa shape index (κ3) is 10.5. The molecule has 1 aliphatic rings. The van der Waals surface area contributed by atoms with Crippen LogP contribution in [0.4, 0.5) is 49.1 Å². The molecule has 1 heterocycles. The summed E-state index contributed by atoms with van der Waals surface area (Å²) in [6.45, 7) is 3.89. The first-order valence-corrected chi connectivity index (χ1v) is 12.8. The van der Waals surface area contributed by atoms with Crippen LogP contribution in [0.25, 0.3) is 0 Å². The van der Waals surface area contributed by atoms with Gasteiger partial charge in [-0.1, -0.05) is 6.07 Å². The Morgan fingerprint density at radius 3 is 1.93 bits per heavy atom. The summed E-state index contributed by atoms with van der Waals surface area (Å²) >= 11 is 0. The van der Waals surface area contributed by atoms with E-state index in [1.54, 1.807) is 0 Å². The zero-order chi connectivity index (χ0) is 33.7. The molecule has 2 rings (SSSR count). The van der Waals surface area contributed by atoms with Gasteiger partial charge in [-0.3, -0.25) is 4.90 Å². The Bertz CT molecular complexity index is 1150. The Morgan fingerprint density at radius 2 is 1.43 bits per heavy atom. The zero-order valence-electron chi connectivity index (χ0n) is 23.7. The van der Waals surface area contributed by atoms with Crippen molar-refractivity contribution in [2.75, 3.05) is 32.8 Å². The summed E-state index contributed by atoms with van der Waals surface area (Å²) in [7, 11) is 0. The monoisotopic (exact) mass is 656 g/mol. The van der Waals surface area contributed by atoms with Gasteiger partial charge in [-0.2, -0.15) is 39.5 Å². The number of benzene rings is 1. The van der Waals surface area contributed by atoms with Gasteiger partial charge >= 0.3 is 36.7 Å². The van der Waals surface area contributed by atoms with Crippen LogP contribution in [0.5, 0.6) is 5.75 Å². The maximum atomic E-state index is 13.5. The summed E-state index contributed by atoms with van der Waals surface area (Å²) in [5.74, 6) is -1.53. The predicted octanol–water partition coefficient (Wildman–Crippen LogP) is 5.67. The molecule has 1 aromatic rings. The molecule has 1 atom stereocenters. The molecular formula is C25H29F9N2O8. The molecule has 1 aliphatic heterocycles. The highest BCUT2D eigenvalue weighted by Gasteiger charge is 2.60. The number of hydrogen-bond acceptors (Lipinski definition) is 9. The van der Waals surface area contributed by atoms with E-state index in [0.717, 1.165) is 12.1 Å². The molecule has 44 heavy (non-hydrogen) atoms. The molecule has 0 saturated carbocycles. The predicted molar refractivity (Wildman–Crippen MR) is 129 cm³/mol. The largest absolute Gasteiger partial charge is 0.511 e. The van der Waals surface area contributed by atoms with E-state index in [4.69, 9.17) is 14.2 Å². The molecule has 0 radical (unpaired) electrons. The summed E-state index contributed by atoms with van der Waals surface area (Å²) in [5, 5.41) is 0. The van der Waals surface area contributed by atoms with E-state index in [0.29, 0.717) is 11.0 Å². The molecule has 250 valence electrons. The summed E-state index contributed by atoms with van der Waals surface area (Å²) < 4.78 is 140. The van der Waals surface area contributed by atoms with Gasteiger partial charge in [0.05, 0.1) is 12.2 Å². The highest BCUT2D eigenvalue weighted by Crippen LogP contribution is 2.37. The van der Waals surface area contributed by atoms with Crippen LogP contribution in [0, 0.1) is 0 Å². The molecule has 0 aromatic heterocycles. The third-order valence-corrected chi connectivity index (χ3v) is 5.89. The molecule has 1 unspecified atom stereocenters. The normalized spacial score (nSPS) is 15.9. The minimum Gasteiger partial charge on any atom is -0.476 e. The summed E-state index contributed by atoms with van der Waals surface area (Å²) in [4.78, 5) is 38.3. The number of alkyl halides is 9. The summed E-state index contributed by atoms with van der Waals surface area (Å²) in [6, 6.07) is 2.43. The molecule has 0 spiro atoms. The second-order valence-corrected chi connectivity index (χ2v) is 9.82. The van der Waals surface area contributed by atoms with Gasteiger partial charge in [0, 0.05) is 45.2 Å². The fraction of sp³-hybridized carbons (Fsp3) is 0.640. The van der Waals surface area contributed by atoms with Gasteiger partial charge in [0.25, 0.3) is 6.10 Å². The maximum absolute atomic E-state index is 13.5. The Hall–Kier alpha value is -3.64. The van der Waals surface area contributed by atoms with Gasteiger partial charge in [0.1, 0.15) is 5.75 Å². The molecule has 0 N–H and O–H groups in total. The number of rotatable bonds is 9. The second-order valence-electron chi connectivity index (χ2n) is 9.82. The van der Waals surface area contributed by atoms with E-state index in [9.17, 15) is 53.9 Å². The number of amides is 1. The van der Waals surface area contributed by atoms with Crippen LogP contribution in [0.15, 0.2) is 18.2 Å². The van der Waals surface area contributed by atoms with Crippen molar-refractivity contribution >= 4 is 18.2 Å². The molecule has 0 aliphatic carbocycles. The lowest BCUT2D eigenvalue weighted by Gasteiger charge is -2.35. The van der Waals surface area contributed by atoms with Crippen LogP contribution in [0.1, 0.15) is 38.8 Å². The number of nitrogens with zero attached hydrogens (tertiary/aromatic N) is 2. The van der Waals surface area contributed by atoms with Crippen molar-refractivity contribution < 1.29 is 77.6 Å². The smallest absolute Gasteiger partial charge is 0.476 e. The van der Waals surface area contributed by atoms with E-state index in [1.807, 2.05) is 0 Å². The van der Waals surface area contributed by atoms with E-state index in [-0.39, 0.29) is 44.9 Å². The van der Waals surface area contributed by atoms with Gasteiger partial charge in [-0.05, 0) is 32.9 Å². The molecular weight excluding hydrogens is 627 g/mol. The van der Waals surface area contributed by atoms with Crippen molar-refractivity contribution in [2.45, 2.75) is 70.8 Å². The van der Waals surface area contributed by atoms with Crippen LogP contribution in [0.2, 0.25) is 0 Å². The van der Waals surface area contributed by atoms with E-state index in [2.05, 4.69) is 9.47 Å². The minimum absolute atomic E-state index is 0.0257. The van der Waals surface area contributed by atoms with E-state index < -0.39 is 66.1 Å². The number of carbonyl (C=O) groups excluding carboxylic acids is 3. The van der Waals surface area contributed by atoms with E-state index >= 15 is 0 Å². The first-order chi connectivity index (χ1) is 20.0. The van der Waals surface area contributed by atoms with Crippen LogP contribution in [-0.4, -0.2) is 91.2 Å². The molecule has 0 bridgehead atoms. The van der Waals surface area contributed by atoms with Crippen LogP contribution in [0.3, 0.4) is 0 Å². The zero-order valence-corrected chi connectivity index (χ0v) is 23.7. The Kier molecular flexibility index (Phi) is 11.6. The first kappa shape index (κ1) is 36.6. The lowest BCUT2D eigenvalue weighted by atomic mass is 10.1. The Labute approximate surface area is 244 Å². The van der Waals surface area contributed by atoms with Crippen LogP contribution in [-0.2, 0) is 36.5 Å². The third-order valence-electron chi connectivity index (χ3n) is 5.89. The molecule has 1 saturated heterocycles. The summed E-state index contributed by atoms with van der Waals surface area (Å²) in [6.07, 6.45) is -25.3. The second kappa shape index (κ2) is 14.0. The highest BCUT2D eigenvalue weighted by atomic mass is 19.4. The van der Waals surface area contributed by atoms with Crippen molar-refractivity contribution in [3.05, 3.63) is 29.3 Å². The Morgan fingerprint density at radius 1 is 0.864 bits per heavy atom. The minimum atomic E-state index is -5.89. The molecule has 1 aromatic carbocycles. The highest BCUT2D eigenvalue weighted by molar-refractivity contribution is 5.79. The average Bonchev–Trinajstić information content (AvgIpc) is 2.86. The lowest BCUT2D eigenvalue weighted by Crippen LogP contribution is -2.52. The molecule has 1 amide bonds. The van der Waals surface area contributed by atoms with Crippen molar-refractivity contribution in [1.82, 2.24) is 9.80 Å². The molecule has 1 fully saturated rings. The maximum Gasteiger partial charge on any atom is 0.511 e.